The molecule has 0 unspecified atom stereocenters. The number of aromatic nitrogens is 1. The Morgan fingerprint density at radius 3 is 2.46 bits per heavy atom. The van der Waals surface area contributed by atoms with Crippen LogP contribution in [0, 0.1) is 0 Å². The summed E-state index contributed by atoms with van der Waals surface area (Å²) in [4.78, 5) is 3.74. The number of aromatic amines is 1. The Labute approximate surface area is 168 Å². The summed E-state index contributed by atoms with van der Waals surface area (Å²) in [6, 6.07) is 12.7. The van der Waals surface area contributed by atoms with Gasteiger partial charge in [-0.25, -0.2) is 0 Å². The first-order valence-electron chi connectivity index (χ1n) is 10.3. The van der Waals surface area contributed by atoms with Gasteiger partial charge in [-0.2, -0.15) is 0 Å². The second kappa shape index (κ2) is 9.65. The van der Waals surface area contributed by atoms with Crippen LogP contribution in [-0.4, -0.2) is 25.7 Å². The van der Waals surface area contributed by atoms with Gasteiger partial charge in [0, 0.05) is 16.5 Å². The second-order valence-electron chi connectivity index (χ2n) is 7.21. The van der Waals surface area contributed by atoms with Gasteiger partial charge in [-0.1, -0.05) is 37.6 Å². The number of benzene rings is 2. The number of ether oxygens (including phenoxy) is 2. The van der Waals surface area contributed by atoms with Crippen molar-refractivity contribution in [1.29, 1.82) is 0 Å². The maximum Gasteiger partial charge on any atom is 0.170 e. The van der Waals surface area contributed by atoms with E-state index in [9.17, 15) is 0 Å². The lowest BCUT2D eigenvalue weighted by Crippen LogP contribution is -2.00. The first-order valence-corrected chi connectivity index (χ1v) is 10.3. The minimum absolute atomic E-state index is 0.724. The molecule has 28 heavy (non-hydrogen) atoms. The van der Waals surface area contributed by atoms with Gasteiger partial charge in [-0.05, 0) is 61.9 Å². The van der Waals surface area contributed by atoms with E-state index in [0.29, 0.717) is 0 Å². The van der Waals surface area contributed by atoms with Gasteiger partial charge in [0.25, 0.3) is 0 Å². The van der Waals surface area contributed by atoms with Crippen LogP contribution in [0.25, 0.3) is 22.2 Å². The zero-order chi connectivity index (χ0) is 19.9. The molecule has 3 aromatic rings. The van der Waals surface area contributed by atoms with Crippen LogP contribution in [0.5, 0.6) is 11.5 Å². The Morgan fingerprint density at radius 2 is 1.75 bits per heavy atom. The van der Waals surface area contributed by atoms with E-state index in [1.54, 1.807) is 14.2 Å². The van der Waals surface area contributed by atoms with Crippen molar-refractivity contribution in [3.63, 3.8) is 0 Å². The smallest absolute Gasteiger partial charge is 0.170 e. The summed E-state index contributed by atoms with van der Waals surface area (Å²) >= 11 is 0. The summed E-state index contributed by atoms with van der Waals surface area (Å²) in [6.45, 7) is 2.96. The SMILES string of the molecule is CCCCc1cccc2c(CCCCN)c(-c3cccc(OC)c3OC)[nH]c12. The van der Waals surface area contributed by atoms with Crippen molar-refractivity contribution in [3.8, 4) is 22.8 Å². The number of nitrogens with two attached hydrogens (primary N) is 1. The molecule has 0 aliphatic heterocycles. The fourth-order valence-corrected chi connectivity index (χ4v) is 3.93. The molecule has 0 saturated heterocycles. The molecule has 4 nitrogen and oxygen atoms in total. The van der Waals surface area contributed by atoms with Gasteiger partial charge in [-0.3, -0.25) is 0 Å². The molecule has 1 aromatic heterocycles. The maximum atomic E-state index is 5.75. The number of unbranched alkanes of at least 4 members (excludes halogenated alkanes) is 2. The third kappa shape index (κ3) is 4.02. The summed E-state index contributed by atoms with van der Waals surface area (Å²) in [5.41, 5.74) is 11.9. The van der Waals surface area contributed by atoms with Crippen LogP contribution in [-0.2, 0) is 12.8 Å². The number of fused-ring (bicyclic) bond motifs is 1. The number of H-pyrrole nitrogens is 1. The predicted molar refractivity (Wildman–Crippen MR) is 117 cm³/mol. The lowest BCUT2D eigenvalue weighted by atomic mass is 9.98. The van der Waals surface area contributed by atoms with Crippen LogP contribution >= 0.6 is 0 Å². The van der Waals surface area contributed by atoms with Gasteiger partial charge in [0.05, 0.1) is 19.9 Å². The molecular formula is C24H32N2O2. The highest BCUT2D eigenvalue weighted by molar-refractivity contribution is 5.94. The van der Waals surface area contributed by atoms with E-state index in [1.165, 1.54) is 34.9 Å². The first-order chi connectivity index (χ1) is 13.7. The third-order valence-corrected chi connectivity index (χ3v) is 5.38. The molecule has 1 heterocycles. The average Bonchev–Trinajstić information content (AvgIpc) is 3.10. The highest BCUT2D eigenvalue weighted by Gasteiger charge is 2.19. The molecule has 4 heteroatoms. The van der Waals surface area contributed by atoms with Crippen molar-refractivity contribution in [3.05, 3.63) is 47.5 Å². The van der Waals surface area contributed by atoms with Crippen molar-refractivity contribution >= 4 is 10.9 Å². The van der Waals surface area contributed by atoms with Crippen molar-refractivity contribution in [2.45, 2.75) is 45.4 Å². The van der Waals surface area contributed by atoms with E-state index >= 15 is 0 Å². The van der Waals surface area contributed by atoms with Crippen molar-refractivity contribution in [1.82, 2.24) is 4.98 Å². The molecule has 150 valence electrons. The molecule has 0 fully saturated rings. The Kier molecular flexibility index (Phi) is 6.99. The lowest BCUT2D eigenvalue weighted by Gasteiger charge is -2.13. The zero-order valence-corrected chi connectivity index (χ0v) is 17.3. The predicted octanol–water partition coefficient (Wildman–Crippen LogP) is 5.48. The molecule has 0 amide bonds. The maximum absolute atomic E-state index is 5.75. The number of aryl methyl sites for hydroxylation is 2. The van der Waals surface area contributed by atoms with Crippen LogP contribution in [0.3, 0.4) is 0 Å². The topological polar surface area (TPSA) is 60.3 Å². The van der Waals surface area contributed by atoms with Gasteiger partial charge in [-0.15, -0.1) is 0 Å². The molecule has 0 atom stereocenters. The standard InChI is InChI=1S/C24H32N2O2/c1-4-5-10-17-11-8-13-18-19(12-6-7-16-25)23(26-22(17)18)20-14-9-15-21(27-2)24(20)28-3/h8-9,11,13-15,26H,4-7,10,12,16,25H2,1-3H3. The van der Waals surface area contributed by atoms with E-state index in [-0.39, 0.29) is 0 Å². The van der Waals surface area contributed by atoms with Gasteiger partial charge in [0.2, 0.25) is 0 Å². The monoisotopic (exact) mass is 380 g/mol. The van der Waals surface area contributed by atoms with Gasteiger partial charge < -0.3 is 20.2 Å². The minimum Gasteiger partial charge on any atom is -0.493 e. The number of methoxy groups -OCH3 is 2. The first kappa shape index (κ1) is 20.3. The van der Waals surface area contributed by atoms with Crippen LogP contribution < -0.4 is 15.2 Å². The molecule has 0 aliphatic rings. The normalized spacial score (nSPS) is 11.1. The summed E-state index contributed by atoms with van der Waals surface area (Å²) in [7, 11) is 3.38. The van der Waals surface area contributed by atoms with Crippen molar-refractivity contribution < 1.29 is 9.47 Å². The van der Waals surface area contributed by atoms with E-state index in [0.717, 1.165) is 55.0 Å². The Hall–Kier alpha value is -2.46. The van der Waals surface area contributed by atoms with E-state index in [1.807, 2.05) is 12.1 Å². The Morgan fingerprint density at radius 1 is 0.929 bits per heavy atom. The van der Waals surface area contributed by atoms with Gasteiger partial charge >= 0.3 is 0 Å². The van der Waals surface area contributed by atoms with Gasteiger partial charge in [0.15, 0.2) is 11.5 Å². The molecular weight excluding hydrogens is 348 g/mol. The highest BCUT2D eigenvalue weighted by Crippen LogP contribution is 2.41. The number of hydrogen-bond donors (Lipinski definition) is 2. The van der Waals surface area contributed by atoms with Crippen molar-refractivity contribution in [2.24, 2.45) is 5.73 Å². The number of nitrogens with one attached hydrogen (secondary N) is 1. The quantitative estimate of drug-likeness (QED) is 0.458. The van der Waals surface area contributed by atoms with Crippen molar-refractivity contribution in [2.75, 3.05) is 20.8 Å². The molecule has 3 N–H and O–H groups in total. The average molecular weight is 381 g/mol. The Balaban J connectivity index is 2.19. The molecule has 0 aliphatic carbocycles. The summed E-state index contributed by atoms with van der Waals surface area (Å²) in [5.74, 6) is 1.52. The third-order valence-electron chi connectivity index (χ3n) is 5.38. The summed E-state index contributed by atoms with van der Waals surface area (Å²) in [5, 5.41) is 1.31. The van der Waals surface area contributed by atoms with E-state index in [2.05, 4.69) is 36.2 Å². The highest BCUT2D eigenvalue weighted by atomic mass is 16.5. The van der Waals surface area contributed by atoms with Crippen LogP contribution in [0.4, 0.5) is 0 Å². The van der Waals surface area contributed by atoms with Gasteiger partial charge in [0.1, 0.15) is 0 Å². The van der Waals surface area contributed by atoms with Crippen LogP contribution in [0.15, 0.2) is 36.4 Å². The number of rotatable bonds is 10. The fraction of sp³-hybridized carbons (Fsp3) is 0.417. The lowest BCUT2D eigenvalue weighted by molar-refractivity contribution is 0.356. The molecule has 3 rings (SSSR count). The van der Waals surface area contributed by atoms with Crippen LogP contribution in [0.2, 0.25) is 0 Å². The molecule has 2 aromatic carbocycles. The number of hydrogen-bond acceptors (Lipinski definition) is 3. The summed E-state index contributed by atoms with van der Waals surface area (Å²) < 4.78 is 11.3. The zero-order valence-electron chi connectivity index (χ0n) is 17.3. The molecule has 0 spiro atoms. The molecule has 0 saturated carbocycles. The Bertz CT molecular complexity index is 914. The van der Waals surface area contributed by atoms with E-state index < -0.39 is 0 Å². The number of para-hydroxylation sites is 2. The fourth-order valence-electron chi connectivity index (χ4n) is 3.93. The largest absolute Gasteiger partial charge is 0.493 e. The van der Waals surface area contributed by atoms with Crippen LogP contribution in [0.1, 0.15) is 43.7 Å². The van der Waals surface area contributed by atoms with E-state index in [4.69, 9.17) is 15.2 Å². The minimum atomic E-state index is 0.724. The second-order valence-corrected chi connectivity index (χ2v) is 7.21. The summed E-state index contributed by atoms with van der Waals surface area (Å²) in [6.07, 6.45) is 6.56. The molecule has 0 bridgehead atoms. The molecule has 0 radical (unpaired) electrons.